The van der Waals surface area contributed by atoms with E-state index in [0.717, 1.165) is 5.56 Å². The second-order valence-electron chi connectivity index (χ2n) is 5.26. The quantitative estimate of drug-likeness (QED) is 0.852. The monoisotopic (exact) mass is 271 g/mol. The highest BCUT2D eigenvalue weighted by molar-refractivity contribution is 7.90. The van der Waals surface area contributed by atoms with Crippen LogP contribution in [0, 0.1) is 0 Å². The van der Waals surface area contributed by atoms with Gasteiger partial charge >= 0.3 is 0 Å². The van der Waals surface area contributed by atoms with Crippen LogP contribution in [0.5, 0.6) is 0 Å². The maximum atomic E-state index is 11.3. The second-order valence-corrected chi connectivity index (χ2v) is 7.27. The maximum absolute atomic E-state index is 11.3. The molecule has 1 unspecified atom stereocenters. The largest absolute Gasteiger partial charge is 0.389 e. The van der Waals surface area contributed by atoms with Gasteiger partial charge in [0.05, 0.1) is 10.5 Å². The van der Waals surface area contributed by atoms with E-state index >= 15 is 0 Å². The zero-order valence-corrected chi connectivity index (χ0v) is 12.1. The summed E-state index contributed by atoms with van der Waals surface area (Å²) in [5, 5.41) is 12.8. The molecule has 102 valence electrons. The number of hydrogen-bond acceptors (Lipinski definition) is 4. The molecular weight excluding hydrogens is 250 g/mol. The molecule has 2 N–H and O–H groups in total. The van der Waals surface area contributed by atoms with Crippen LogP contribution in [0.15, 0.2) is 29.2 Å². The molecule has 1 atom stereocenters. The zero-order chi connectivity index (χ0) is 14.0. The molecule has 0 saturated carbocycles. The van der Waals surface area contributed by atoms with Gasteiger partial charge in [-0.15, -0.1) is 0 Å². The van der Waals surface area contributed by atoms with Crippen molar-refractivity contribution in [3.8, 4) is 0 Å². The van der Waals surface area contributed by atoms with Crippen molar-refractivity contribution in [3.05, 3.63) is 29.8 Å². The number of hydrogen-bond donors (Lipinski definition) is 2. The molecule has 0 aliphatic rings. The summed E-state index contributed by atoms with van der Waals surface area (Å²) in [4.78, 5) is 0.320. The number of sulfone groups is 1. The van der Waals surface area contributed by atoms with Gasteiger partial charge in [0, 0.05) is 18.8 Å². The number of rotatable bonds is 5. The van der Waals surface area contributed by atoms with Crippen molar-refractivity contribution in [1.82, 2.24) is 5.32 Å². The van der Waals surface area contributed by atoms with Crippen LogP contribution < -0.4 is 5.32 Å². The Morgan fingerprint density at radius 3 is 2.17 bits per heavy atom. The Bertz CT molecular complexity index is 486. The summed E-state index contributed by atoms with van der Waals surface area (Å²) in [6.45, 7) is 5.92. The molecule has 1 rings (SSSR count). The molecule has 1 aromatic rings. The normalized spacial score (nSPS) is 14.5. The summed E-state index contributed by atoms with van der Waals surface area (Å²) in [7, 11) is -3.14. The minimum Gasteiger partial charge on any atom is -0.389 e. The lowest BCUT2D eigenvalue weighted by molar-refractivity contribution is 0.0770. The summed E-state index contributed by atoms with van der Waals surface area (Å²) in [6, 6.07) is 6.85. The van der Waals surface area contributed by atoms with Gasteiger partial charge in [-0.3, -0.25) is 0 Å². The van der Waals surface area contributed by atoms with Crippen LogP contribution in [-0.4, -0.2) is 31.9 Å². The highest BCUT2D eigenvalue weighted by atomic mass is 32.2. The minimum atomic E-state index is -3.14. The molecule has 0 heterocycles. The van der Waals surface area contributed by atoms with Crippen molar-refractivity contribution >= 4 is 9.84 Å². The maximum Gasteiger partial charge on any atom is 0.175 e. The van der Waals surface area contributed by atoms with E-state index in [2.05, 4.69) is 5.32 Å². The van der Waals surface area contributed by atoms with E-state index in [1.165, 1.54) is 6.26 Å². The fraction of sp³-hybridized carbons (Fsp3) is 0.538. The molecule has 0 aliphatic carbocycles. The van der Waals surface area contributed by atoms with Crippen LogP contribution in [0.25, 0.3) is 0 Å². The summed E-state index contributed by atoms with van der Waals surface area (Å²) >= 11 is 0. The first-order valence-electron chi connectivity index (χ1n) is 5.85. The van der Waals surface area contributed by atoms with Crippen LogP contribution in [-0.2, 0) is 9.84 Å². The summed E-state index contributed by atoms with van der Waals surface area (Å²) in [6.07, 6.45) is 1.19. The third-order valence-electron chi connectivity index (χ3n) is 2.65. The van der Waals surface area contributed by atoms with E-state index in [-0.39, 0.29) is 6.04 Å². The first-order valence-corrected chi connectivity index (χ1v) is 7.74. The van der Waals surface area contributed by atoms with Crippen LogP contribution in [0.3, 0.4) is 0 Å². The number of aliphatic hydroxyl groups is 1. The number of nitrogens with one attached hydrogen (secondary N) is 1. The Morgan fingerprint density at radius 1 is 1.28 bits per heavy atom. The van der Waals surface area contributed by atoms with Crippen LogP contribution in [0.1, 0.15) is 32.4 Å². The van der Waals surface area contributed by atoms with Crippen LogP contribution >= 0.6 is 0 Å². The Labute approximate surface area is 109 Å². The van der Waals surface area contributed by atoms with Crippen molar-refractivity contribution < 1.29 is 13.5 Å². The molecule has 5 heteroatoms. The van der Waals surface area contributed by atoms with Gasteiger partial charge in [-0.25, -0.2) is 8.42 Å². The SMILES string of the molecule is CC(NCC(C)(C)O)c1ccc(S(C)(=O)=O)cc1. The topological polar surface area (TPSA) is 66.4 Å². The molecule has 0 bridgehead atoms. The molecule has 0 saturated heterocycles. The molecule has 0 fully saturated rings. The van der Waals surface area contributed by atoms with E-state index in [0.29, 0.717) is 11.4 Å². The molecule has 0 aliphatic heterocycles. The Kier molecular flexibility index (Phi) is 4.53. The van der Waals surface area contributed by atoms with Gasteiger partial charge in [-0.2, -0.15) is 0 Å². The van der Waals surface area contributed by atoms with Crippen molar-refractivity contribution in [2.45, 2.75) is 37.3 Å². The van der Waals surface area contributed by atoms with Gasteiger partial charge in [0.2, 0.25) is 0 Å². The Balaban J connectivity index is 2.74. The minimum absolute atomic E-state index is 0.0602. The third kappa shape index (κ3) is 4.76. The average Bonchev–Trinajstić information content (AvgIpc) is 2.24. The standard InChI is InChI=1S/C13H21NO3S/c1-10(14-9-13(2,3)15)11-5-7-12(8-6-11)18(4,16)17/h5-8,10,14-15H,9H2,1-4H3. The lowest BCUT2D eigenvalue weighted by Gasteiger charge is -2.22. The smallest absolute Gasteiger partial charge is 0.175 e. The molecule has 1 aromatic carbocycles. The summed E-state index contributed by atoms with van der Waals surface area (Å²) in [5.74, 6) is 0. The van der Waals surface area contributed by atoms with E-state index in [1.807, 2.05) is 6.92 Å². The van der Waals surface area contributed by atoms with Gasteiger partial charge in [0.25, 0.3) is 0 Å². The van der Waals surface area contributed by atoms with Gasteiger partial charge in [-0.1, -0.05) is 12.1 Å². The Hall–Kier alpha value is -0.910. The number of benzene rings is 1. The van der Waals surface area contributed by atoms with E-state index in [4.69, 9.17) is 0 Å². The molecule has 0 aromatic heterocycles. The van der Waals surface area contributed by atoms with Crippen molar-refractivity contribution in [1.29, 1.82) is 0 Å². The van der Waals surface area contributed by atoms with Crippen molar-refractivity contribution in [2.24, 2.45) is 0 Å². The summed E-state index contributed by atoms with van der Waals surface area (Å²) < 4.78 is 22.6. The highest BCUT2D eigenvalue weighted by Crippen LogP contribution is 2.16. The van der Waals surface area contributed by atoms with Crippen molar-refractivity contribution in [2.75, 3.05) is 12.8 Å². The zero-order valence-electron chi connectivity index (χ0n) is 11.3. The molecule has 0 radical (unpaired) electrons. The van der Waals surface area contributed by atoms with Crippen LogP contribution in [0.4, 0.5) is 0 Å². The Morgan fingerprint density at radius 2 is 1.78 bits per heavy atom. The molecule has 0 amide bonds. The predicted molar refractivity (Wildman–Crippen MR) is 72.3 cm³/mol. The van der Waals surface area contributed by atoms with Crippen molar-refractivity contribution in [3.63, 3.8) is 0 Å². The second kappa shape index (κ2) is 5.38. The van der Waals surface area contributed by atoms with Crippen LogP contribution in [0.2, 0.25) is 0 Å². The van der Waals surface area contributed by atoms with Gasteiger partial charge in [-0.05, 0) is 38.5 Å². The third-order valence-corrected chi connectivity index (χ3v) is 3.78. The average molecular weight is 271 g/mol. The molecule has 0 spiro atoms. The fourth-order valence-electron chi connectivity index (χ4n) is 1.52. The lowest BCUT2D eigenvalue weighted by atomic mass is 10.1. The fourth-order valence-corrected chi connectivity index (χ4v) is 2.15. The van der Waals surface area contributed by atoms with Gasteiger partial charge in [0.15, 0.2) is 9.84 Å². The summed E-state index contributed by atoms with van der Waals surface area (Å²) in [5.41, 5.74) is 0.229. The molecular formula is C13H21NO3S. The predicted octanol–water partition coefficient (Wildman–Crippen LogP) is 1.51. The van der Waals surface area contributed by atoms with Gasteiger partial charge < -0.3 is 10.4 Å². The first kappa shape index (κ1) is 15.1. The van der Waals surface area contributed by atoms with E-state index in [1.54, 1.807) is 38.1 Å². The van der Waals surface area contributed by atoms with E-state index < -0.39 is 15.4 Å². The molecule has 4 nitrogen and oxygen atoms in total. The van der Waals surface area contributed by atoms with Gasteiger partial charge in [0.1, 0.15) is 0 Å². The first-order chi connectivity index (χ1) is 8.09. The highest BCUT2D eigenvalue weighted by Gasteiger charge is 2.15. The van der Waals surface area contributed by atoms with E-state index in [9.17, 15) is 13.5 Å². The lowest BCUT2D eigenvalue weighted by Crippen LogP contribution is -2.36. The molecule has 18 heavy (non-hydrogen) atoms.